The third-order valence-corrected chi connectivity index (χ3v) is 4.46. The minimum atomic E-state index is -0.411. The molecule has 0 amide bonds. The van der Waals surface area contributed by atoms with E-state index < -0.39 is 5.82 Å². The van der Waals surface area contributed by atoms with Gasteiger partial charge in [-0.15, -0.1) is 0 Å². The summed E-state index contributed by atoms with van der Waals surface area (Å²) in [5.74, 6) is -0.203. The Labute approximate surface area is 170 Å². The van der Waals surface area contributed by atoms with Crippen molar-refractivity contribution >= 4 is 17.1 Å². The van der Waals surface area contributed by atoms with E-state index in [0.29, 0.717) is 0 Å². The smallest absolute Gasteiger partial charge is 0.165 e. The van der Waals surface area contributed by atoms with Crippen LogP contribution in [0.2, 0.25) is 0 Å². The number of fused-ring (bicyclic) bond motifs is 1. The maximum atomic E-state index is 14.2. The van der Waals surface area contributed by atoms with Crippen molar-refractivity contribution < 1.29 is 14.2 Å². The molecule has 150 valence electrons. The lowest BCUT2D eigenvalue weighted by molar-refractivity contribution is 0.182. The maximum absolute atomic E-state index is 14.2. The largest absolute Gasteiger partial charge is 0.486 e. The summed E-state index contributed by atoms with van der Waals surface area (Å²) in [5, 5.41) is 9.28. The number of hydrogen-bond acceptors (Lipinski definition) is 4. The highest BCUT2D eigenvalue weighted by Gasteiger charge is 2.08. The second kappa shape index (κ2) is 9.94. The molecule has 1 aromatic heterocycles. The van der Waals surface area contributed by atoms with Crippen molar-refractivity contribution in [1.82, 2.24) is 9.97 Å². The van der Waals surface area contributed by atoms with Gasteiger partial charge < -0.3 is 9.84 Å². The zero-order valence-electron chi connectivity index (χ0n) is 16.5. The second-order valence-electron chi connectivity index (χ2n) is 6.93. The molecule has 0 aliphatic carbocycles. The van der Waals surface area contributed by atoms with Crippen LogP contribution in [0.3, 0.4) is 0 Å². The van der Waals surface area contributed by atoms with E-state index in [9.17, 15) is 9.50 Å². The average molecular weight is 392 g/mol. The molecule has 5 heteroatoms. The van der Waals surface area contributed by atoms with E-state index in [2.05, 4.69) is 16.5 Å². The van der Waals surface area contributed by atoms with Gasteiger partial charge >= 0.3 is 0 Å². The van der Waals surface area contributed by atoms with Crippen LogP contribution in [0.25, 0.3) is 28.2 Å². The number of aromatic nitrogens is 2. The summed E-state index contributed by atoms with van der Waals surface area (Å²) in [6, 6.07) is 10.6. The van der Waals surface area contributed by atoms with E-state index in [4.69, 9.17) is 4.74 Å². The third kappa shape index (κ3) is 5.72. The van der Waals surface area contributed by atoms with Crippen molar-refractivity contribution in [2.24, 2.45) is 0 Å². The molecule has 0 saturated heterocycles. The van der Waals surface area contributed by atoms with E-state index >= 15 is 0 Å². The molecule has 0 radical (unpaired) electrons. The second-order valence-corrected chi connectivity index (χ2v) is 6.93. The van der Waals surface area contributed by atoms with E-state index in [1.165, 1.54) is 6.07 Å². The number of hydrogen-bond donors (Lipinski definition) is 1. The van der Waals surface area contributed by atoms with Crippen LogP contribution in [0.15, 0.2) is 61.3 Å². The number of benzene rings is 2. The van der Waals surface area contributed by atoms with Crippen LogP contribution < -0.4 is 4.74 Å². The van der Waals surface area contributed by atoms with Gasteiger partial charge in [0.15, 0.2) is 11.6 Å². The molecular formula is C24H25FN2O2. The fraction of sp³-hybridized carbons (Fsp3) is 0.250. The average Bonchev–Trinajstić information content (AvgIpc) is 2.72. The molecule has 1 N–H and O–H groups in total. The normalized spacial score (nSPS) is 12.4. The maximum Gasteiger partial charge on any atom is 0.165 e. The molecule has 0 fully saturated rings. The molecule has 1 unspecified atom stereocenters. The molecule has 0 saturated carbocycles. The number of halogens is 1. The zero-order valence-corrected chi connectivity index (χ0v) is 16.5. The first-order valence-corrected chi connectivity index (χ1v) is 9.72. The summed E-state index contributed by atoms with van der Waals surface area (Å²) in [6.45, 7) is 5.62. The topological polar surface area (TPSA) is 55.2 Å². The van der Waals surface area contributed by atoms with Crippen molar-refractivity contribution in [1.29, 1.82) is 0 Å². The molecule has 3 aromatic rings. The fourth-order valence-corrected chi connectivity index (χ4v) is 2.97. The molecule has 3 rings (SSSR count). The molecule has 2 aromatic carbocycles. The highest BCUT2D eigenvalue weighted by Crippen LogP contribution is 2.27. The number of aliphatic hydroxyl groups is 1. The van der Waals surface area contributed by atoms with Gasteiger partial charge in [-0.2, -0.15) is 0 Å². The Hall–Kier alpha value is -3.05. The van der Waals surface area contributed by atoms with Crippen LogP contribution in [0, 0.1) is 5.82 Å². The number of rotatable bonds is 9. The van der Waals surface area contributed by atoms with Crippen LogP contribution in [0.5, 0.6) is 5.75 Å². The Morgan fingerprint density at radius 1 is 1.17 bits per heavy atom. The van der Waals surface area contributed by atoms with Gasteiger partial charge in [-0.1, -0.05) is 30.9 Å². The van der Waals surface area contributed by atoms with E-state index in [-0.39, 0.29) is 18.5 Å². The van der Waals surface area contributed by atoms with Gasteiger partial charge in [-0.25, -0.2) is 9.37 Å². The predicted octanol–water partition coefficient (Wildman–Crippen LogP) is 5.57. The Balaban J connectivity index is 1.74. The van der Waals surface area contributed by atoms with Gasteiger partial charge in [0.05, 0.1) is 29.0 Å². The first-order valence-electron chi connectivity index (χ1n) is 9.72. The molecule has 4 nitrogen and oxygen atoms in total. The number of unbranched alkanes of at least 4 members (excludes halogenated alkanes) is 1. The zero-order chi connectivity index (χ0) is 20.6. The summed E-state index contributed by atoms with van der Waals surface area (Å²) in [4.78, 5) is 9.10. The monoisotopic (exact) mass is 392 g/mol. The van der Waals surface area contributed by atoms with Gasteiger partial charge in [0.2, 0.25) is 0 Å². The van der Waals surface area contributed by atoms with Crippen LogP contribution in [0.4, 0.5) is 4.39 Å². The predicted molar refractivity (Wildman–Crippen MR) is 115 cm³/mol. The van der Waals surface area contributed by atoms with Crippen LogP contribution in [-0.2, 0) is 0 Å². The SMILES string of the molecule is C=CCOc1ccc(-c2ccc3nc(/C=C/CCCC(C)O)cnc3c2)cc1F. The number of ether oxygens (including phenoxy) is 1. The van der Waals surface area contributed by atoms with E-state index in [1.54, 1.807) is 25.3 Å². The summed E-state index contributed by atoms with van der Waals surface area (Å²) in [5.41, 5.74) is 3.94. The van der Waals surface area contributed by atoms with Gasteiger partial charge in [0.1, 0.15) is 6.61 Å². The van der Waals surface area contributed by atoms with Gasteiger partial charge in [-0.3, -0.25) is 4.98 Å². The lowest BCUT2D eigenvalue weighted by Crippen LogP contribution is -1.97. The molecular weight excluding hydrogens is 367 g/mol. The molecule has 0 spiro atoms. The van der Waals surface area contributed by atoms with Crippen LogP contribution in [-0.4, -0.2) is 27.8 Å². The number of nitrogens with zero attached hydrogens (tertiary/aromatic N) is 2. The first-order chi connectivity index (χ1) is 14.1. The third-order valence-electron chi connectivity index (χ3n) is 4.46. The molecule has 0 bridgehead atoms. The Bertz CT molecular complexity index is 1010. The molecule has 1 heterocycles. The minimum Gasteiger partial charge on any atom is -0.486 e. The molecule has 0 aliphatic heterocycles. The van der Waals surface area contributed by atoms with Gasteiger partial charge in [0, 0.05) is 0 Å². The van der Waals surface area contributed by atoms with Crippen LogP contribution in [0.1, 0.15) is 31.9 Å². The van der Waals surface area contributed by atoms with Crippen molar-refractivity contribution in [2.75, 3.05) is 6.61 Å². The Morgan fingerprint density at radius 2 is 1.97 bits per heavy atom. The molecule has 29 heavy (non-hydrogen) atoms. The lowest BCUT2D eigenvalue weighted by atomic mass is 10.0. The number of aliphatic hydroxyl groups excluding tert-OH is 1. The number of allylic oxidation sites excluding steroid dienone is 1. The quantitative estimate of drug-likeness (QED) is 0.382. The fourth-order valence-electron chi connectivity index (χ4n) is 2.97. The Morgan fingerprint density at radius 3 is 2.72 bits per heavy atom. The van der Waals surface area contributed by atoms with Crippen molar-refractivity contribution in [3.63, 3.8) is 0 Å². The first kappa shape index (κ1) is 20.7. The summed E-state index contributed by atoms with van der Waals surface area (Å²) in [7, 11) is 0. The summed E-state index contributed by atoms with van der Waals surface area (Å²) in [6.07, 6.45) is 9.65. The summed E-state index contributed by atoms with van der Waals surface area (Å²) < 4.78 is 19.5. The minimum absolute atomic E-state index is 0.208. The van der Waals surface area contributed by atoms with Gasteiger partial charge in [-0.05, 0) is 67.7 Å². The molecule has 1 atom stereocenters. The van der Waals surface area contributed by atoms with Crippen LogP contribution >= 0.6 is 0 Å². The summed E-state index contributed by atoms with van der Waals surface area (Å²) >= 11 is 0. The highest BCUT2D eigenvalue weighted by atomic mass is 19.1. The van der Waals surface area contributed by atoms with E-state index in [0.717, 1.165) is 47.1 Å². The van der Waals surface area contributed by atoms with Gasteiger partial charge in [0.25, 0.3) is 0 Å². The van der Waals surface area contributed by atoms with Crippen molar-refractivity contribution in [3.05, 3.63) is 72.8 Å². The van der Waals surface area contributed by atoms with Crippen molar-refractivity contribution in [2.45, 2.75) is 32.3 Å². The molecule has 0 aliphatic rings. The highest BCUT2D eigenvalue weighted by molar-refractivity contribution is 5.82. The van der Waals surface area contributed by atoms with E-state index in [1.807, 2.05) is 36.4 Å². The standard InChI is InChI=1S/C24H25FN2O2/c1-3-13-29-24-12-10-18(14-21(24)25)19-9-11-22-23(15-19)26-16-20(27-22)8-6-4-5-7-17(2)28/h3,6,8-12,14-17,28H,1,4-5,7,13H2,2H3/b8-6+. The lowest BCUT2D eigenvalue weighted by Gasteiger charge is -2.08. The van der Waals surface area contributed by atoms with Crippen molar-refractivity contribution in [3.8, 4) is 16.9 Å². The Kier molecular flexibility index (Phi) is 7.09.